The molecule has 0 aromatic carbocycles. The first kappa shape index (κ1) is 12.5. The average molecular weight is 274 g/mol. The van der Waals surface area contributed by atoms with E-state index in [0.717, 1.165) is 4.57 Å². The van der Waals surface area contributed by atoms with E-state index in [1.165, 1.54) is 17.9 Å². The summed E-state index contributed by atoms with van der Waals surface area (Å²) in [5, 5.41) is 0. The normalized spacial score (nSPS) is 12.2. The topological polar surface area (TPSA) is 116 Å². The van der Waals surface area contributed by atoms with Crippen LogP contribution in [0.25, 0.3) is 11.2 Å². The van der Waals surface area contributed by atoms with E-state index in [1.54, 1.807) is 7.05 Å². The molecular weight excluding hydrogens is 264 g/mol. The maximum atomic E-state index is 12.0. The second-order valence-electron chi connectivity index (χ2n) is 3.81. The van der Waals surface area contributed by atoms with Crippen molar-refractivity contribution in [2.45, 2.75) is 5.88 Å². The van der Waals surface area contributed by atoms with Crippen LogP contribution < -0.4 is 11.2 Å². The Morgan fingerprint density at radius 1 is 1.33 bits per heavy atom. The lowest BCUT2D eigenvalue weighted by Crippen LogP contribution is -2.41. The first-order valence-electron chi connectivity index (χ1n) is 4.78. The van der Waals surface area contributed by atoms with Crippen molar-refractivity contribution in [2.24, 2.45) is 14.1 Å². The van der Waals surface area contributed by atoms with Gasteiger partial charge in [0.1, 0.15) is 0 Å². The molecule has 2 aromatic heterocycles. The summed E-state index contributed by atoms with van der Waals surface area (Å²) in [6.45, 7) is 0. The molecule has 9 nitrogen and oxygen atoms in total. The molecule has 0 fully saturated rings. The minimum absolute atomic E-state index is 0.0840. The molecule has 0 bridgehead atoms. The van der Waals surface area contributed by atoms with Gasteiger partial charge in [-0.15, -0.1) is 0 Å². The average Bonchev–Trinajstić information content (AvgIpc) is 2.62. The summed E-state index contributed by atoms with van der Waals surface area (Å²) >= 11 is 0. The molecule has 0 aliphatic carbocycles. The molecule has 0 aliphatic heterocycles. The molecule has 0 atom stereocenters. The van der Waals surface area contributed by atoms with Gasteiger partial charge in [-0.1, -0.05) is 0 Å². The molecule has 0 amide bonds. The van der Waals surface area contributed by atoms with Crippen LogP contribution in [0.5, 0.6) is 0 Å². The first-order chi connectivity index (χ1) is 8.22. The second-order valence-corrected chi connectivity index (χ2v) is 5.24. The van der Waals surface area contributed by atoms with Crippen LogP contribution in [-0.2, 0) is 30.1 Å². The van der Waals surface area contributed by atoms with E-state index in [4.69, 9.17) is 4.55 Å². The highest BCUT2D eigenvalue weighted by Crippen LogP contribution is 2.03. The van der Waals surface area contributed by atoms with Gasteiger partial charge in [-0.25, -0.2) is 14.3 Å². The van der Waals surface area contributed by atoms with Crippen LogP contribution in [0.3, 0.4) is 0 Å². The molecule has 2 aromatic rings. The Bertz CT molecular complexity index is 841. The van der Waals surface area contributed by atoms with Gasteiger partial charge in [0.2, 0.25) is 0 Å². The zero-order valence-electron chi connectivity index (χ0n) is 9.56. The minimum atomic E-state index is -4.48. The lowest BCUT2D eigenvalue weighted by atomic mass is 10.5. The summed E-state index contributed by atoms with van der Waals surface area (Å²) in [4.78, 5) is 27.6. The molecule has 18 heavy (non-hydrogen) atoms. The van der Waals surface area contributed by atoms with E-state index >= 15 is 0 Å². The third-order valence-corrected chi connectivity index (χ3v) is 3.08. The number of aromatic nitrogens is 4. The van der Waals surface area contributed by atoms with Gasteiger partial charge in [-0.2, -0.15) is 8.42 Å². The second kappa shape index (κ2) is 3.78. The Balaban J connectivity index is 2.95. The minimum Gasteiger partial charge on any atom is -0.328 e. The summed E-state index contributed by atoms with van der Waals surface area (Å²) in [6, 6.07) is 0. The van der Waals surface area contributed by atoms with Gasteiger partial charge < -0.3 is 4.57 Å². The van der Waals surface area contributed by atoms with Crippen molar-refractivity contribution < 1.29 is 13.0 Å². The molecule has 10 heteroatoms. The SMILES string of the molecule is Cn1cnc2c1c(=O)n(CS(=O)(=O)O)c(=O)n2C. The Labute approximate surface area is 101 Å². The van der Waals surface area contributed by atoms with Crippen LogP contribution in [0, 0.1) is 0 Å². The first-order valence-corrected chi connectivity index (χ1v) is 6.39. The Kier molecular flexibility index (Phi) is 2.63. The van der Waals surface area contributed by atoms with Gasteiger partial charge in [0.05, 0.1) is 6.33 Å². The predicted octanol–water partition coefficient (Wildman–Crippen LogP) is -1.72. The summed E-state index contributed by atoms with van der Waals surface area (Å²) in [5.41, 5.74) is -1.44. The van der Waals surface area contributed by atoms with Crippen LogP contribution in [0.15, 0.2) is 15.9 Å². The molecule has 0 spiro atoms. The Hall–Kier alpha value is -1.94. The lowest BCUT2D eigenvalue weighted by Gasteiger charge is -2.06. The Morgan fingerprint density at radius 2 is 1.94 bits per heavy atom. The van der Waals surface area contributed by atoms with Gasteiger partial charge in [-0.3, -0.25) is 13.9 Å². The van der Waals surface area contributed by atoms with Gasteiger partial charge in [-0.05, 0) is 0 Å². The third kappa shape index (κ3) is 1.84. The molecule has 0 radical (unpaired) electrons. The van der Waals surface area contributed by atoms with Crippen LogP contribution in [0.1, 0.15) is 0 Å². The molecule has 0 saturated heterocycles. The van der Waals surface area contributed by atoms with Crippen molar-refractivity contribution in [1.29, 1.82) is 0 Å². The molecular formula is C8H10N4O5S. The van der Waals surface area contributed by atoms with E-state index in [2.05, 4.69) is 4.98 Å². The van der Waals surface area contributed by atoms with Crippen LogP contribution >= 0.6 is 0 Å². The quantitative estimate of drug-likeness (QED) is 0.651. The molecule has 98 valence electrons. The van der Waals surface area contributed by atoms with E-state index in [0.29, 0.717) is 4.57 Å². The van der Waals surface area contributed by atoms with Crippen molar-refractivity contribution >= 4 is 21.3 Å². The van der Waals surface area contributed by atoms with E-state index < -0.39 is 27.2 Å². The van der Waals surface area contributed by atoms with Crippen molar-refractivity contribution in [3.63, 3.8) is 0 Å². The smallest absolute Gasteiger partial charge is 0.328 e. The summed E-state index contributed by atoms with van der Waals surface area (Å²) in [6.07, 6.45) is 1.34. The number of imidazole rings is 1. The molecule has 0 saturated carbocycles. The number of hydrogen-bond acceptors (Lipinski definition) is 5. The van der Waals surface area contributed by atoms with E-state index in [9.17, 15) is 18.0 Å². The molecule has 2 heterocycles. The fourth-order valence-electron chi connectivity index (χ4n) is 1.67. The zero-order chi connectivity index (χ0) is 13.7. The monoisotopic (exact) mass is 274 g/mol. The molecule has 0 unspecified atom stereocenters. The van der Waals surface area contributed by atoms with Crippen molar-refractivity contribution in [3.05, 3.63) is 27.2 Å². The van der Waals surface area contributed by atoms with Gasteiger partial charge in [0.25, 0.3) is 15.7 Å². The highest BCUT2D eigenvalue weighted by Gasteiger charge is 2.18. The van der Waals surface area contributed by atoms with Crippen LogP contribution in [0.2, 0.25) is 0 Å². The van der Waals surface area contributed by atoms with Crippen molar-refractivity contribution in [2.75, 3.05) is 0 Å². The number of rotatable bonds is 2. The Morgan fingerprint density at radius 3 is 2.50 bits per heavy atom. The van der Waals surface area contributed by atoms with Gasteiger partial charge in [0, 0.05) is 14.1 Å². The summed E-state index contributed by atoms with van der Waals surface area (Å²) < 4.78 is 33.2. The zero-order valence-corrected chi connectivity index (χ0v) is 10.4. The lowest BCUT2D eigenvalue weighted by molar-refractivity contribution is 0.467. The molecule has 1 N–H and O–H groups in total. The number of aryl methyl sites for hydroxylation is 2. The third-order valence-electron chi connectivity index (χ3n) is 2.49. The maximum absolute atomic E-state index is 12.0. The standard InChI is InChI=1S/C8H10N4O5S/c1-10-3-9-6-5(10)7(13)12(4-18(15,16)17)8(14)11(6)2/h3H,4H2,1-2H3,(H,15,16,17). The van der Waals surface area contributed by atoms with Crippen molar-refractivity contribution in [3.8, 4) is 0 Å². The number of fused-ring (bicyclic) bond motifs is 1. The maximum Gasteiger partial charge on any atom is 0.333 e. The van der Waals surface area contributed by atoms with Crippen molar-refractivity contribution in [1.82, 2.24) is 18.7 Å². The van der Waals surface area contributed by atoms with Crippen LogP contribution in [0.4, 0.5) is 0 Å². The molecule has 2 rings (SSSR count). The highest BCUT2D eigenvalue weighted by atomic mass is 32.2. The van der Waals surface area contributed by atoms with E-state index in [1.807, 2.05) is 0 Å². The molecule has 0 aliphatic rings. The summed E-state index contributed by atoms with van der Waals surface area (Å²) in [7, 11) is -1.58. The number of nitrogens with zero attached hydrogens (tertiary/aromatic N) is 4. The highest BCUT2D eigenvalue weighted by molar-refractivity contribution is 7.84. The fraction of sp³-hybridized carbons (Fsp3) is 0.375. The van der Waals surface area contributed by atoms with E-state index in [-0.39, 0.29) is 11.2 Å². The fourth-order valence-corrected chi connectivity index (χ4v) is 2.23. The number of hydrogen-bond donors (Lipinski definition) is 1. The largest absolute Gasteiger partial charge is 0.333 e. The van der Waals surface area contributed by atoms with Gasteiger partial charge >= 0.3 is 5.69 Å². The summed E-state index contributed by atoms with van der Waals surface area (Å²) in [5.74, 6) is -1.08. The van der Waals surface area contributed by atoms with Crippen LogP contribution in [-0.4, -0.2) is 31.7 Å². The predicted molar refractivity (Wildman–Crippen MR) is 61.8 cm³/mol. The van der Waals surface area contributed by atoms with Gasteiger partial charge in [0.15, 0.2) is 17.0 Å².